The fourth-order valence-electron chi connectivity index (χ4n) is 1.74. The van der Waals surface area contributed by atoms with E-state index in [1.165, 1.54) is 19.4 Å². The van der Waals surface area contributed by atoms with Gasteiger partial charge in [0, 0.05) is 13.2 Å². The lowest BCUT2D eigenvalue weighted by atomic mass is 9.92. The van der Waals surface area contributed by atoms with Crippen molar-refractivity contribution in [3.05, 3.63) is 0 Å². The molecule has 2 aliphatic rings. The second-order valence-electron chi connectivity index (χ2n) is 3.04. The van der Waals surface area contributed by atoms with Crippen LogP contribution in [0.4, 0.5) is 0 Å². The molecular weight excluding hydrogens is 114 g/mol. The van der Waals surface area contributed by atoms with Gasteiger partial charge < -0.3 is 10.1 Å². The van der Waals surface area contributed by atoms with Crippen molar-refractivity contribution in [2.24, 2.45) is 5.92 Å². The molecule has 2 bridgehead atoms. The average Bonchev–Trinajstić information content (AvgIpc) is 1.88. The molecule has 52 valence electrons. The monoisotopic (exact) mass is 127 g/mol. The summed E-state index contributed by atoms with van der Waals surface area (Å²) in [4.78, 5) is 0. The van der Waals surface area contributed by atoms with Crippen LogP contribution in [0.1, 0.15) is 12.8 Å². The summed E-state index contributed by atoms with van der Waals surface area (Å²) in [5.41, 5.74) is 0. The first-order valence-corrected chi connectivity index (χ1v) is 3.77. The van der Waals surface area contributed by atoms with Crippen LogP contribution < -0.4 is 5.32 Å². The Balaban J connectivity index is 1.96. The molecule has 0 aromatic carbocycles. The van der Waals surface area contributed by atoms with Gasteiger partial charge in [-0.2, -0.15) is 0 Å². The molecule has 2 aliphatic heterocycles. The van der Waals surface area contributed by atoms with Crippen LogP contribution in [0.3, 0.4) is 0 Å². The smallest absolute Gasteiger partial charge is 0.0702 e. The van der Waals surface area contributed by atoms with Gasteiger partial charge in [0.05, 0.1) is 6.10 Å². The highest BCUT2D eigenvalue weighted by Crippen LogP contribution is 2.21. The van der Waals surface area contributed by atoms with E-state index in [0.29, 0.717) is 6.10 Å². The van der Waals surface area contributed by atoms with Crippen LogP contribution in [-0.2, 0) is 4.74 Å². The third kappa shape index (κ3) is 1.10. The first-order valence-electron chi connectivity index (χ1n) is 3.77. The molecule has 0 spiro atoms. The van der Waals surface area contributed by atoms with E-state index in [1.807, 2.05) is 0 Å². The number of fused-ring (bicyclic) bond motifs is 2. The van der Waals surface area contributed by atoms with Crippen LogP contribution in [0.25, 0.3) is 0 Å². The van der Waals surface area contributed by atoms with Crippen LogP contribution in [0.2, 0.25) is 0 Å². The summed E-state index contributed by atoms with van der Waals surface area (Å²) in [5.74, 6) is 0.914. The van der Waals surface area contributed by atoms with Gasteiger partial charge in [0.15, 0.2) is 0 Å². The molecule has 2 atom stereocenters. The van der Waals surface area contributed by atoms with E-state index >= 15 is 0 Å². The number of rotatable bonds is 0. The number of nitrogens with one attached hydrogen (secondary N) is 1. The molecule has 0 saturated carbocycles. The van der Waals surface area contributed by atoms with Gasteiger partial charge in [-0.25, -0.2) is 0 Å². The fraction of sp³-hybridized carbons (Fsp3) is 1.00. The van der Waals surface area contributed by atoms with Crippen LogP contribution in [0.15, 0.2) is 0 Å². The van der Waals surface area contributed by atoms with Gasteiger partial charge in [-0.05, 0) is 25.3 Å². The zero-order valence-electron chi connectivity index (χ0n) is 5.60. The lowest BCUT2D eigenvalue weighted by Crippen LogP contribution is -2.44. The number of piperidine rings is 1. The minimum absolute atomic E-state index is 0.539. The molecule has 0 aromatic heterocycles. The summed E-state index contributed by atoms with van der Waals surface area (Å²) in [6.07, 6.45) is 3.11. The Labute approximate surface area is 55.6 Å². The number of hydrogen-bond donors (Lipinski definition) is 1. The Bertz CT molecular complexity index is 85.1. The van der Waals surface area contributed by atoms with Gasteiger partial charge in [-0.1, -0.05) is 0 Å². The van der Waals surface area contributed by atoms with Crippen molar-refractivity contribution >= 4 is 0 Å². The molecule has 0 amide bonds. The molecular formula is C7H13NO. The van der Waals surface area contributed by atoms with Crippen molar-refractivity contribution in [2.45, 2.75) is 18.9 Å². The predicted octanol–water partition coefficient (Wildman–Crippen LogP) is 0.385. The second kappa shape index (κ2) is 2.27. The highest BCUT2D eigenvalue weighted by atomic mass is 16.5. The van der Waals surface area contributed by atoms with E-state index in [2.05, 4.69) is 5.32 Å². The largest absolute Gasteiger partial charge is 0.377 e. The van der Waals surface area contributed by atoms with Crippen LogP contribution in [0.5, 0.6) is 0 Å². The maximum absolute atomic E-state index is 5.49. The summed E-state index contributed by atoms with van der Waals surface area (Å²) in [7, 11) is 0. The van der Waals surface area contributed by atoms with Gasteiger partial charge in [0.25, 0.3) is 0 Å². The molecule has 2 fully saturated rings. The lowest BCUT2D eigenvalue weighted by Gasteiger charge is -2.34. The highest BCUT2D eigenvalue weighted by molar-refractivity contribution is 4.79. The standard InChI is InChI=1S/C7H13NO/c1-2-9-7-3-6(1)4-8-5-7/h6-8H,1-5H2/t6-,7-/m0/s1. The fourth-order valence-corrected chi connectivity index (χ4v) is 1.74. The van der Waals surface area contributed by atoms with E-state index in [-0.39, 0.29) is 0 Å². The molecule has 2 nitrogen and oxygen atoms in total. The van der Waals surface area contributed by atoms with E-state index in [0.717, 1.165) is 19.1 Å². The summed E-state index contributed by atoms with van der Waals surface area (Å²) in [6.45, 7) is 3.30. The highest BCUT2D eigenvalue weighted by Gasteiger charge is 2.25. The zero-order chi connectivity index (χ0) is 6.10. The molecule has 0 aromatic rings. The van der Waals surface area contributed by atoms with Gasteiger partial charge in [-0.3, -0.25) is 0 Å². The number of ether oxygens (including phenoxy) is 1. The maximum Gasteiger partial charge on any atom is 0.0702 e. The van der Waals surface area contributed by atoms with Crippen LogP contribution >= 0.6 is 0 Å². The minimum atomic E-state index is 0.539. The molecule has 0 radical (unpaired) electrons. The molecule has 0 unspecified atom stereocenters. The predicted molar refractivity (Wildman–Crippen MR) is 35.3 cm³/mol. The first kappa shape index (κ1) is 5.69. The summed E-state index contributed by atoms with van der Waals surface area (Å²) >= 11 is 0. The molecule has 2 saturated heterocycles. The Kier molecular flexibility index (Phi) is 1.44. The lowest BCUT2D eigenvalue weighted by molar-refractivity contribution is -0.0250. The Hall–Kier alpha value is -0.0800. The molecule has 2 rings (SSSR count). The Morgan fingerprint density at radius 2 is 2.33 bits per heavy atom. The van der Waals surface area contributed by atoms with Gasteiger partial charge in [-0.15, -0.1) is 0 Å². The molecule has 2 heteroatoms. The van der Waals surface area contributed by atoms with E-state index in [1.54, 1.807) is 0 Å². The summed E-state index contributed by atoms with van der Waals surface area (Å²) in [6, 6.07) is 0. The SMILES string of the molecule is C1C[C@@H]2CNC[C@H](C2)O1. The quantitative estimate of drug-likeness (QED) is 0.508. The summed E-state index contributed by atoms with van der Waals surface area (Å²) in [5, 5.41) is 3.36. The van der Waals surface area contributed by atoms with Crippen LogP contribution in [-0.4, -0.2) is 25.8 Å². The van der Waals surface area contributed by atoms with Gasteiger partial charge >= 0.3 is 0 Å². The van der Waals surface area contributed by atoms with Gasteiger partial charge in [0.2, 0.25) is 0 Å². The van der Waals surface area contributed by atoms with E-state index in [4.69, 9.17) is 4.74 Å². The van der Waals surface area contributed by atoms with Crippen molar-refractivity contribution in [3.63, 3.8) is 0 Å². The van der Waals surface area contributed by atoms with Crippen molar-refractivity contribution in [2.75, 3.05) is 19.7 Å². The van der Waals surface area contributed by atoms with Crippen LogP contribution in [0, 0.1) is 5.92 Å². The Morgan fingerprint density at radius 3 is 3.11 bits per heavy atom. The third-order valence-corrected chi connectivity index (χ3v) is 2.28. The Morgan fingerprint density at radius 1 is 1.33 bits per heavy atom. The molecule has 0 aliphatic carbocycles. The van der Waals surface area contributed by atoms with E-state index in [9.17, 15) is 0 Å². The topological polar surface area (TPSA) is 21.3 Å². The first-order chi connectivity index (χ1) is 4.45. The molecule has 9 heavy (non-hydrogen) atoms. The maximum atomic E-state index is 5.49. The molecule has 1 N–H and O–H groups in total. The van der Waals surface area contributed by atoms with Crippen molar-refractivity contribution in [1.29, 1.82) is 0 Å². The zero-order valence-corrected chi connectivity index (χ0v) is 5.60. The summed E-state index contributed by atoms with van der Waals surface area (Å²) < 4.78 is 5.49. The van der Waals surface area contributed by atoms with Crippen molar-refractivity contribution < 1.29 is 4.74 Å². The van der Waals surface area contributed by atoms with E-state index < -0.39 is 0 Å². The van der Waals surface area contributed by atoms with Crippen molar-refractivity contribution in [1.82, 2.24) is 5.32 Å². The number of hydrogen-bond acceptors (Lipinski definition) is 2. The normalized spacial score (nSPS) is 42.7. The minimum Gasteiger partial charge on any atom is -0.377 e. The second-order valence-corrected chi connectivity index (χ2v) is 3.04. The third-order valence-electron chi connectivity index (χ3n) is 2.28. The molecule has 2 heterocycles. The van der Waals surface area contributed by atoms with Crippen molar-refractivity contribution in [3.8, 4) is 0 Å². The van der Waals surface area contributed by atoms with Gasteiger partial charge in [0.1, 0.15) is 0 Å². The average molecular weight is 127 g/mol.